The number of halogens is 1. The van der Waals surface area contributed by atoms with Gasteiger partial charge in [0.25, 0.3) is 5.91 Å². The average molecular weight is 330 g/mol. The second kappa shape index (κ2) is 7.09. The topological polar surface area (TPSA) is 83.4 Å². The molecule has 1 aromatic heterocycles. The van der Waals surface area contributed by atoms with Gasteiger partial charge in [0, 0.05) is 12.6 Å². The van der Waals surface area contributed by atoms with Crippen LogP contribution in [0.4, 0.5) is 0 Å². The highest BCUT2D eigenvalue weighted by molar-refractivity contribution is 7.98. The second-order valence-electron chi connectivity index (χ2n) is 4.80. The summed E-state index contributed by atoms with van der Waals surface area (Å²) in [7, 11) is 0. The van der Waals surface area contributed by atoms with Gasteiger partial charge in [-0.05, 0) is 25.5 Å². The summed E-state index contributed by atoms with van der Waals surface area (Å²) < 4.78 is 0. The summed E-state index contributed by atoms with van der Waals surface area (Å²) in [6.07, 6.45) is 5.64. The fourth-order valence-electron chi connectivity index (χ4n) is 2.42. The molecule has 1 N–H and O–H groups in total. The molecule has 2 heterocycles. The molecule has 1 aliphatic heterocycles. The lowest BCUT2D eigenvalue weighted by Crippen LogP contribution is -2.45. The first-order valence-corrected chi connectivity index (χ1v) is 8.22. The summed E-state index contributed by atoms with van der Waals surface area (Å²) >= 11 is 7.34. The summed E-state index contributed by atoms with van der Waals surface area (Å²) in [5.41, 5.74) is 0.147. The fraction of sp³-hybridized carbons (Fsp3) is 0.538. The normalized spacial score (nSPS) is 18.6. The summed E-state index contributed by atoms with van der Waals surface area (Å²) in [6.45, 7) is 0.533. The van der Waals surface area contributed by atoms with E-state index in [0.717, 1.165) is 12.8 Å². The molecule has 1 amide bonds. The number of rotatable bonds is 4. The number of piperidine rings is 1. The second-order valence-corrected chi connectivity index (χ2v) is 5.98. The van der Waals surface area contributed by atoms with Gasteiger partial charge in [0.1, 0.15) is 0 Å². The average Bonchev–Trinajstić information content (AvgIpc) is 2.47. The first-order chi connectivity index (χ1) is 10.0. The van der Waals surface area contributed by atoms with Gasteiger partial charge in [-0.1, -0.05) is 23.4 Å². The van der Waals surface area contributed by atoms with Crippen LogP contribution >= 0.6 is 23.4 Å². The molecule has 21 heavy (non-hydrogen) atoms. The lowest BCUT2D eigenvalue weighted by atomic mass is 9.99. The number of carbonyl (C=O) groups is 2. The molecule has 8 heteroatoms. The number of aliphatic carboxylic acids is 1. The third-order valence-electron chi connectivity index (χ3n) is 3.41. The quantitative estimate of drug-likeness (QED) is 0.674. The maximum absolute atomic E-state index is 12.6. The monoisotopic (exact) mass is 329 g/mol. The molecule has 0 saturated carbocycles. The zero-order chi connectivity index (χ0) is 15.4. The highest BCUT2D eigenvalue weighted by atomic mass is 35.5. The molecule has 1 atom stereocenters. The number of likely N-dealkylation sites (tertiary alicyclic amines) is 1. The number of nitrogens with zero attached hydrogens (tertiary/aromatic N) is 3. The summed E-state index contributed by atoms with van der Waals surface area (Å²) in [5, 5.41) is 9.64. The minimum atomic E-state index is -0.904. The van der Waals surface area contributed by atoms with E-state index in [9.17, 15) is 9.59 Å². The van der Waals surface area contributed by atoms with Crippen LogP contribution in [0, 0.1) is 0 Å². The molecule has 0 aliphatic carbocycles. The van der Waals surface area contributed by atoms with Gasteiger partial charge in [-0.25, -0.2) is 9.97 Å². The molecule has 0 aromatic carbocycles. The Bertz CT molecular complexity index is 555. The first-order valence-electron chi connectivity index (χ1n) is 6.62. The number of carbonyl (C=O) groups excluding carboxylic acids is 1. The summed E-state index contributed by atoms with van der Waals surface area (Å²) in [4.78, 5) is 33.3. The Hall–Kier alpha value is -1.34. The van der Waals surface area contributed by atoms with Crippen LogP contribution in [0.15, 0.2) is 11.4 Å². The first kappa shape index (κ1) is 16.0. The van der Waals surface area contributed by atoms with E-state index < -0.39 is 5.97 Å². The predicted octanol–water partition coefficient (Wildman–Crippen LogP) is 2.32. The Kier molecular flexibility index (Phi) is 5.41. The van der Waals surface area contributed by atoms with Gasteiger partial charge >= 0.3 is 5.97 Å². The van der Waals surface area contributed by atoms with Crippen LogP contribution in [0.25, 0.3) is 0 Å². The van der Waals surface area contributed by atoms with Crippen LogP contribution in [0.3, 0.4) is 0 Å². The maximum Gasteiger partial charge on any atom is 0.305 e. The SMILES string of the molecule is CSc1ncc(Cl)c(C(=O)N2CCCCC2CC(=O)O)n1. The van der Waals surface area contributed by atoms with Gasteiger partial charge in [-0.15, -0.1) is 0 Å². The molecule has 6 nitrogen and oxygen atoms in total. The van der Waals surface area contributed by atoms with E-state index in [4.69, 9.17) is 16.7 Å². The van der Waals surface area contributed by atoms with Gasteiger partial charge in [0.15, 0.2) is 10.9 Å². The van der Waals surface area contributed by atoms with E-state index in [1.54, 1.807) is 4.90 Å². The van der Waals surface area contributed by atoms with Crippen molar-refractivity contribution in [2.24, 2.45) is 0 Å². The van der Waals surface area contributed by atoms with Gasteiger partial charge in [-0.2, -0.15) is 0 Å². The number of amides is 1. The molecular formula is C13H16ClN3O3S. The molecule has 1 fully saturated rings. The third-order valence-corrected chi connectivity index (χ3v) is 4.24. The summed E-state index contributed by atoms with van der Waals surface area (Å²) in [6, 6.07) is -0.299. The smallest absolute Gasteiger partial charge is 0.305 e. The highest BCUT2D eigenvalue weighted by Gasteiger charge is 2.31. The van der Waals surface area contributed by atoms with Crippen LogP contribution < -0.4 is 0 Å². The largest absolute Gasteiger partial charge is 0.481 e. The maximum atomic E-state index is 12.6. The number of thioether (sulfide) groups is 1. The van der Waals surface area contributed by atoms with Crippen LogP contribution in [0.2, 0.25) is 5.02 Å². The molecule has 0 bridgehead atoms. The van der Waals surface area contributed by atoms with Crippen molar-refractivity contribution < 1.29 is 14.7 Å². The highest BCUT2D eigenvalue weighted by Crippen LogP contribution is 2.24. The van der Waals surface area contributed by atoms with Gasteiger partial charge < -0.3 is 10.0 Å². The van der Waals surface area contributed by atoms with Crippen molar-refractivity contribution >= 4 is 35.2 Å². The van der Waals surface area contributed by atoms with Crippen molar-refractivity contribution in [3.05, 3.63) is 16.9 Å². The fourth-order valence-corrected chi connectivity index (χ4v) is 2.93. The number of carboxylic acids is 1. The Morgan fingerprint density at radius 2 is 2.29 bits per heavy atom. The molecular weight excluding hydrogens is 314 g/mol. The van der Waals surface area contributed by atoms with Gasteiger partial charge in [-0.3, -0.25) is 9.59 Å². The van der Waals surface area contributed by atoms with E-state index in [-0.39, 0.29) is 29.1 Å². The van der Waals surface area contributed by atoms with E-state index >= 15 is 0 Å². The van der Waals surface area contributed by atoms with Gasteiger partial charge in [0.2, 0.25) is 0 Å². The molecule has 2 rings (SSSR count). The number of aromatic nitrogens is 2. The Labute approximate surface area is 131 Å². The molecule has 1 aromatic rings. The number of carboxylic acid groups (broad SMARTS) is 1. The van der Waals surface area contributed by atoms with Crippen molar-refractivity contribution in [1.82, 2.24) is 14.9 Å². The van der Waals surface area contributed by atoms with Crippen molar-refractivity contribution in [3.8, 4) is 0 Å². The molecule has 0 spiro atoms. The van der Waals surface area contributed by atoms with E-state index in [1.807, 2.05) is 6.26 Å². The van der Waals surface area contributed by atoms with Gasteiger partial charge in [0.05, 0.1) is 17.6 Å². The van der Waals surface area contributed by atoms with Crippen molar-refractivity contribution in [2.75, 3.05) is 12.8 Å². The Balaban J connectivity index is 2.26. The van der Waals surface area contributed by atoms with Crippen LogP contribution in [0.5, 0.6) is 0 Å². The van der Waals surface area contributed by atoms with E-state index in [0.29, 0.717) is 18.1 Å². The number of hydrogen-bond donors (Lipinski definition) is 1. The molecule has 1 unspecified atom stereocenters. The minimum absolute atomic E-state index is 0.0518. The van der Waals surface area contributed by atoms with Crippen molar-refractivity contribution in [1.29, 1.82) is 0 Å². The zero-order valence-corrected chi connectivity index (χ0v) is 13.2. The van der Waals surface area contributed by atoms with E-state index in [2.05, 4.69) is 9.97 Å². The van der Waals surface area contributed by atoms with Crippen molar-refractivity contribution in [2.45, 2.75) is 36.9 Å². The van der Waals surface area contributed by atoms with Crippen LogP contribution in [-0.4, -0.2) is 50.7 Å². The zero-order valence-electron chi connectivity index (χ0n) is 11.6. The lowest BCUT2D eigenvalue weighted by Gasteiger charge is -2.34. The lowest BCUT2D eigenvalue weighted by molar-refractivity contribution is -0.138. The number of hydrogen-bond acceptors (Lipinski definition) is 5. The van der Waals surface area contributed by atoms with E-state index in [1.165, 1.54) is 18.0 Å². The predicted molar refractivity (Wildman–Crippen MR) is 79.8 cm³/mol. The Morgan fingerprint density at radius 3 is 2.95 bits per heavy atom. The third kappa shape index (κ3) is 3.85. The molecule has 1 aliphatic rings. The van der Waals surface area contributed by atoms with Crippen LogP contribution in [0.1, 0.15) is 36.2 Å². The standard InChI is InChI=1S/C13H16ClN3O3S/c1-21-13-15-7-9(14)11(16-13)12(20)17-5-3-2-4-8(17)6-10(18)19/h7-8H,2-6H2,1H3,(H,18,19). The molecule has 1 saturated heterocycles. The van der Waals surface area contributed by atoms with Crippen LogP contribution in [-0.2, 0) is 4.79 Å². The van der Waals surface area contributed by atoms with Crippen molar-refractivity contribution in [3.63, 3.8) is 0 Å². The molecule has 0 radical (unpaired) electrons. The minimum Gasteiger partial charge on any atom is -0.481 e. The Morgan fingerprint density at radius 1 is 1.52 bits per heavy atom. The summed E-state index contributed by atoms with van der Waals surface area (Å²) in [5.74, 6) is -1.22. The molecule has 114 valence electrons.